The lowest BCUT2D eigenvalue weighted by Crippen LogP contribution is -2.27. The van der Waals surface area contributed by atoms with Gasteiger partial charge in [0.15, 0.2) is 0 Å². The fourth-order valence-electron chi connectivity index (χ4n) is 3.43. The van der Waals surface area contributed by atoms with E-state index in [-0.39, 0.29) is 18.1 Å². The maximum atomic E-state index is 12.4. The van der Waals surface area contributed by atoms with E-state index in [9.17, 15) is 4.79 Å². The van der Waals surface area contributed by atoms with Crippen LogP contribution in [0.25, 0.3) is 10.4 Å². The number of ether oxygens (including phenoxy) is 1. The van der Waals surface area contributed by atoms with E-state index in [1.165, 1.54) is 19.3 Å². The highest BCUT2D eigenvalue weighted by atomic mass is 16.5. The Morgan fingerprint density at radius 2 is 2.04 bits per heavy atom. The molecule has 5 heteroatoms. The molecule has 0 radical (unpaired) electrons. The van der Waals surface area contributed by atoms with E-state index < -0.39 is 0 Å². The number of azide groups is 1. The number of rotatable bonds is 9. The van der Waals surface area contributed by atoms with Crippen LogP contribution < -0.4 is 0 Å². The number of nitrogens with zero attached hydrogens (tertiary/aromatic N) is 3. The summed E-state index contributed by atoms with van der Waals surface area (Å²) in [5, 5.41) is 3.69. The Morgan fingerprint density at radius 3 is 2.73 bits per heavy atom. The van der Waals surface area contributed by atoms with Gasteiger partial charge in [0.2, 0.25) is 0 Å². The number of carbonyl (C=O) groups excluding carboxylic acids is 1. The normalized spacial score (nSPS) is 17.4. The van der Waals surface area contributed by atoms with Gasteiger partial charge in [-0.3, -0.25) is 0 Å². The molecule has 0 saturated heterocycles. The van der Waals surface area contributed by atoms with Gasteiger partial charge in [0.05, 0.1) is 5.56 Å². The summed E-state index contributed by atoms with van der Waals surface area (Å²) in [5.74, 6) is 0.164. The van der Waals surface area contributed by atoms with Crippen molar-refractivity contribution in [2.24, 2.45) is 11.0 Å². The second-order valence-corrected chi connectivity index (χ2v) is 7.05. The average molecular weight is 355 g/mol. The fraction of sp³-hybridized carbons (Fsp3) is 0.571. The van der Waals surface area contributed by atoms with Gasteiger partial charge in [-0.1, -0.05) is 55.6 Å². The third kappa shape index (κ3) is 6.93. The Hall–Kier alpha value is -2.26. The highest BCUT2D eigenvalue weighted by Crippen LogP contribution is 2.29. The van der Waals surface area contributed by atoms with Gasteiger partial charge in [0.25, 0.3) is 0 Å². The number of carbonyl (C=O) groups is 1. The number of benzene rings is 1. The molecule has 1 aliphatic rings. The predicted molar refractivity (Wildman–Crippen MR) is 104 cm³/mol. The van der Waals surface area contributed by atoms with Crippen LogP contribution in [-0.4, -0.2) is 18.1 Å². The smallest absolute Gasteiger partial charge is 0.338 e. The van der Waals surface area contributed by atoms with E-state index in [1.54, 1.807) is 12.1 Å². The summed E-state index contributed by atoms with van der Waals surface area (Å²) in [4.78, 5) is 15.3. The molecule has 0 unspecified atom stereocenters. The van der Waals surface area contributed by atoms with Crippen molar-refractivity contribution in [2.45, 2.75) is 70.4 Å². The number of allylic oxidation sites excluding steroid dienone is 1. The fourth-order valence-corrected chi connectivity index (χ4v) is 3.43. The summed E-state index contributed by atoms with van der Waals surface area (Å²) in [5.41, 5.74) is 9.03. The minimum atomic E-state index is -0.247. The molecule has 5 nitrogen and oxygen atoms in total. The van der Waals surface area contributed by atoms with Crippen LogP contribution >= 0.6 is 0 Å². The molecule has 1 aromatic rings. The van der Waals surface area contributed by atoms with Crippen LogP contribution in [0.3, 0.4) is 0 Å². The second kappa shape index (κ2) is 11.4. The third-order valence-corrected chi connectivity index (χ3v) is 4.93. The Balaban J connectivity index is 1.91. The highest BCUT2D eigenvalue weighted by molar-refractivity contribution is 5.89. The lowest BCUT2D eigenvalue weighted by Gasteiger charge is -2.28. The summed E-state index contributed by atoms with van der Waals surface area (Å²) in [6.45, 7) is 1.93. The summed E-state index contributed by atoms with van der Waals surface area (Å²) in [7, 11) is 0. The van der Waals surface area contributed by atoms with E-state index in [4.69, 9.17) is 10.3 Å². The molecule has 0 aliphatic heterocycles. The Kier molecular flexibility index (Phi) is 8.77. The third-order valence-electron chi connectivity index (χ3n) is 4.93. The first-order valence-electron chi connectivity index (χ1n) is 9.67. The molecule has 1 aromatic carbocycles. The van der Waals surface area contributed by atoms with Crippen molar-refractivity contribution in [2.75, 3.05) is 0 Å². The minimum absolute atomic E-state index is 0.0263. The quantitative estimate of drug-likeness (QED) is 0.132. The van der Waals surface area contributed by atoms with Gasteiger partial charge in [0, 0.05) is 11.0 Å². The van der Waals surface area contributed by atoms with Crippen LogP contribution in [0.1, 0.15) is 68.6 Å². The first-order chi connectivity index (χ1) is 12.7. The summed E-state index contributed by atoms with van der Waals surface area (Å²) >= 11 is 0. The van der Waals surface area contributed by atoms with Gasteiger partial charge >= 0.3 is 5.97 Å². The minimum Gasteiger partial charge on any atom is -0.454 e. The van der Waals surface area contributed by atoms with Gasteiger partial charge in [-0.2, -0.15) is 0 Å². The predicted octanol–water partition coefficient (Wildman–Crippen LogP) is 6.22. The molecule has 0 spiro atoms. The van der Waals surface area contributed by atoms with Gasteiger partial charge in [-0.25, -0.2) is 4.79 Å². The molecule has 1 saturated carbocycles. The molecule has 0 aromatic heterocycles. The summed E-state index contributed by atoms with van der Waals surface area (Å²) < 4.78 is 5.85. The molecule has 1 aliphatic carbocycles. The van der Waals surface area contributed by atoms with Crippen molar-refractivity contribution in [3.63, 3.8) is 0 Å². The van der Waals surface area contributed by atoms with Crippen LogP contribution in [0.2, 0.25) is 0 Å². The van der Waals surface area contributed by atoms with Crippen LogP contribution in [0, 0.1) is 5.92 Å². The van der Waals surface area contributed by atoms with Gasteiger partial charge in [-0.05, 0) is 61.8 Å². The average Bonchev–Trinajstić information content (AvgIpc) is 2.68. The van der Waals surface area contributed by atoms with Crippen LogP contribution in [0.15, 0.2) is 47.6 Å². The second-order valence-electron chi connectivity index (χ2n) is 7.05. The molecule has 140 valence electrons. The van der Waals surface area contributed by atoms with E-state index in [1.807, 2.05) is 25.1 Å². The van der Waals surface area contributed by atoms with Crippen molar-refractivity contribution < 1.29 is 9.53 Å². The SMILES string of the molecule is C[C@H](CCC/C=C/[C@@H](OC(=O)c1ccccc1)C1CCCCC1)N=[N+]=[N-]. The maximum absolute atomic E-state index is 12.4. The Bertz CT molecular complexity index is 617. The van der Waals surface area contributed by atoms with Crippen molar-refractivity contribution in [3.8, 4) is 0 Å². The van der Waals surface area contributed by atoms with Crippen LogP contribution in [-0.2, 0) is 4.74 Å². The van der Waals surface area contributed by atoms with Gasteiger partial charge in [-0.15, -0.1) is 0 Å². The molecule has 2 atom stereocenters. The molecule has 0 amide bonds. The zero-order valence-corrected chi connectivity index (χ0v) is 15.6. The van der Waals surface area contributed by atoms with Crippen molar-refractivity contribution in [1.29, 1.82) is 0 Å². The standard InChI is InChI=1S/C21H29N3O2/c1-17(23-24-22)11-5-2-10-16-20(18-12-6-3-7-13-18)26-21(25)19-14-8-4-9-15-19/h4,8-10,14-18,20H,2-3,5-7,11-13H2,1H3/b16-10+/t17-,20-/m1/s1. The lowest BCUT2D eigenvalue weighted by molar-refractivity contribution is 0.0226. The molecule has 0 N–H and O–H groups in total. The molecule has 0 heterocycles. The number of unbranched alkanes of at least 4 members (excludes halogenated alkanes) is 1. The van der Waals surface area contributed by atoms with Crippen molar-refractivity contribution >= 4 is 5.97 Å². The van der Waals surface area contributed by atoms with E-state index >= 15 is 0 Å². The summed E-state index contributed by atoms with van der Waals surface area (Å²) in [6, 6.07) is 9.22. The zero-order valence-electron chi connectivity index (χ0n) is 15.6. The highest BCUT2D eigenvalue weighted by Gasteiger charge is 2.25. The van der Waals surface area contributed by atoms with E-state index in [0.29, 0.717) is 11.5 Å². The monoisotopic (exact) mass is 355 g/mol. The molecule has 0 bridgehead atoms. The van der Waals surface area contributed by atoms with Gasteiger partial charge < -0.3 is 4.74 Å². The molecular weight excluding hydrogens is 326 g/mol. The Labute approximate surface area is 156 Å². The first-order valence-corrected chi connectivity index (χ1v) is 9.67. The first kappa shape index (κ1) is 20.1. The van der Waals surface area contributed by atoms with Crippen LogP contribution in [0.5, 0.6) is 0 Å². The summed E-state index contributed by atoms with van der Waals surface area (Å²) in [6.07, 6.45) is 12.7. The molecular formula is C21H29N3O2. The van der Waals surface area contributed by atoms with E-state index in [0.717, 1.165) is 32.1 Å². The number of hydrogen-bond acceptors (Lipinski definition) is 3. The lowest BCUT2D eigenvalue weighted by atomic mass is 9.85. The van der Waals surface area contributed by atoms with Crippen molar-refractivity contribution in [1.82, 2.24) is 0 Å². The largest absolute Gasteiger partial charge is 0.454 e. The van der Waals surface area contributed by atoms with Crippen LogP contribution in [0.4, 0.5) is 0 Å². The molecule has 26 heavy (non-hydrogen) atoms. The topological polar surface area (TPSA) is 75.1 Å². The molecule has 2 rings (SSSR count). The Morgan fingerprint density at radius 1 is 1.31 bits per heavy atom. The van der Waals surface area contributed by atoms with E-state index in [2.05, 4.69) is 22.2 Å². The number of hydrogen-bond donors (Lipinski definition) is 0. The number of esters is 1. The zero-order chi connectivity index (χ0) is 18.6. The maximum Gasteiger partial charge on any atom is 0.338 e. The van der Waals surface area contributed by atoms with Crippen molar-refractivity contribution in [3.05, 3.63) is 58.5 Å². The van der Waals surface area contributed by atoms with Gasteiger partial charge in [0.1, 0.15) is 6.10 Å². The molecule has 1 fully saturated rings.